The van der Waals surface area contributed by atoms with E-state index < -0.39 is 5.91 Å². The molecule has 0 aliphatic heterocycles. The van der Waals surface area contributed by atoms with Gasteiger partial charge in [-0.15, -0.1) is 5.10 Å². The van der Waals surface area contributed by atoms with Crippen LogP contribution in [0.25, 0.3) is 22.4 Å². The Bertz CT molecular complexity index is 1280. The fraction of sp³-hybridized carbons (Fsp3) is 0.0526. The van der Waals surface area contributed by atoms with Gasteiger partial charge in [0.15, 0.2) is 12.4 Å². The van der Waals surface area contributed by atoms with Crippen LogP contribution in [0.3, 0.4) is 0 Å². The molecule has 0 saturated carbocycles. The molecule has 4 aromatic rings. The molecular weight excluding hydrogens is 400 g/mol. The van der Waals surface area contributed by atoms with Gasteiger partial charge in [-0.25, -0.2) is 0 Å². The van der Waals surface area contributed by atoms with E-state index in [1.807, 2.05) is 6.07 Å². The maximum atomic E-state index is 12.6. The molecule has 7 nitrogen and oxygen atoms in total. The van der Waals surface area contributed by atoms with Crippen molar-refractivity contribution >= 4 is 39.9 Å². The van der Waals surface area contributed by atoms with E-state index in [-0.39, 0.29) is 12.2 Å². The van der Waals surface area contributed by atoms with Crippen LogP contribution in [0.1, 0.15) is 5.56 Å². The van der Waals surface area contributed by atoms with Gasteiger partial charge in [-0.05, 0) is 35.9 Å². The Hall–Kier alpha value is -3.23. The van der Waals surface area contributed by atoms with Crippen LogP contribution in [0.5, 0.6) is 5.75 Å². The molecule has 1 amide bonds. The fourth-order valence-corrected chi connectivity index (χ4v) is 3.65. The van der Waals surface area contributed by atoms with Gasteiger partial charge in [0.25, 0.3) is 11.5 Å². The lowest BCUT2D eigenvalue weighted by atomic mass is 10.2. The Balaban J connectivity index is 1.64. The highest BCUT2D eigenvalue weighted by atomic mass is 35.5. The van der Waals surface area contributed by atoms with Gasteiger partial charge in [-0.1, -0.05) is 47.2 Å². The molecule has 9 heteroatoms. The van der Waals surface area contributed by atoms with Gasteiger partial charge in [0.1, 0.15) is 5.75 Å². The molecule has 0 saturated heterocycles. The van der Waals surface area contributed by atoms with Crippen LogP contribution in [-0.2, 0) is 4.79 Å². The Kier molecular flexibility index (Phi) is 4.81. The van der Waals surface area contributed by atoms with Crippen LogP contribution >= 0.6 is 22.9 Å². The molecule has 140 valence electrons. The van der Waals surface area contributed by atoms with Crippen molar-refractivity contribution in [1.82, 2.24) is 14.6 Å². The molecule has 0 radical (unpaired) electrons. The zero-order valence-electron chi connectivity index (χ0n) is 14.3. The number of thiazole rings is 1. The van der Waals surface area contributed by atoms with Gasteiger partial charge in [0.05, 0.1) is 4.53 Å². The van der Waals surface area contributed by atoms with Gasteiger partial charge in [0, 0.05) is 10.6 Å². The Morgan fingerprint density at radius 1 is 1.25 bits per heavy atom. The summed E-state index contributed by atoms with van der Waals surface area (Å²) in [5, 5.41) is 4.88. The first-order chi connectivity index (χ1) is 13.5. The van der Waals surface area contributed by atoms with Crippen LogP contribution in [-0.4, -0.2) is 27.1 Å². The zero-order valence-corrected chi connectivity index (χ0v) is 15.9. The van der Waals surface area contributed by atoms with Crippen LogP contribution in [0.15, 0.2) is 53.3 Å². The first-order valence-corrected chi connectivity index (χ1v) is 9.37. The number of nitrogens with two attached hydrogens (primary N) is 1. The van der Waals surface area contributed by atoms with Crippen LogP contribution < -0.4 is 20.6 Å². The number of amides is 1. The zero-order chi connectivity index (χ0) is 19.7. The highest BCUT2D eigenvalue weighted by molar-refractivity contribution is 7.15. The first kappa shape index (κ1) is 18.1. The van der Waals surface area contributed by atoms with Gasteiger partial charge >= 0.3 is 0 Å². The summed E-state index contributed by atoms with van der Waals surface area (Å²) in [5.74, 6) is 0.429. The third-order valence-corrected chi connectivity index (χ3v) is 5.02. The van der Waals surface area contributed by atoms with Gasteiger partial charge in [0.2, 0.25) is 4.96 Å². The third kappa shape index (κ3) is 3.73. The number of primary amides is 1. The number of carbonyl (C=O) groups is 1. The van der Waals surface area contributed by atoms with Gasteiger partial charge in [-0.2, -0.15) is 9.50 Å². The molecule has 0 aliphatic rings. The average Bonchev–Trinajstić information content (AvgIpc) is 3.21. The summed E-state index contributed by atoms with van der Waals surface area (Å²) in [4.78, 5) is 28.3. The summed E-state index contributed by atoms with van der Waals surface area (Å²) in [6.45, 7) is -0.184. The van der Waals surface area contributed by atoms with E-state index in [1.165, 1.54) is 15.9 Å². The molecule has 4 rings (SSSR count). The number of rotatable bonds is 5. The van der Waals surface area contributed by atoms with Gasteiger partial charge < -0.3 is 10.5 Å². The molecule has 28 heavy (non-hydrogen) atoms. The van der Waals surface area contributed by atoms with Crippen LogP contribution in [0.2, 0.25) is 5.02 Å². The molecule has 0 aliphatic carbocycles. The number of aromatic nitrogens is 3. The number of hydrogen-bond donors (Lipinski definition) is 1. The second kappa shape index (κ2) is 7.41. The number of halogens is 1. The fourth-order valence-electron chi connectivity index (χ4n) is 2.55. The van der Waals surface area contributed by atoms with Crippen LogP contribution in [0, 0.1) is 0 Å². The monoisotopic (exact) mass is 412 g/mol. The lowest BCUT2D eigenvalue weighted by Gasteiger charge is -2.03. The summed E-state index contributed by atoms with van der Waals surface area (Å²) in [6.07, 6.45) is 1.75. The van der Waals surface area contributed by atoms with Crippen molar-refractivity contribution in [2.24, 2.45) is 5.73 Å². The normalized spacial score (nSPS) is 11.8. The van der Waals surface area contributed by atoms with E-state index in [0.717, 1.165) is 11.1 Å². The minimum absolute atomic E-state index is 0.184. The first-order valence-electron chi connectivity index (χ1n) is 8.18. The second-order valence-electron chi connectivity index (χ2n) is 5.88. The van der Waals surface area contributed by atoms with E-state index in [1.54, 1.807) is 48.5 Å². The molecule has 2 aromatic carbocycles. The molecule has 0 fully saturated rings. The number of fused-ring (bicyclic) bond motifs is 1. The van der Waals surface area contributed by atoms with E-state index in [9.17, 15) is 9.59 Å². The molecule has 0 bridgehead atoms. The minimum atomic E-state index is -0.543. The van der Waals surface area contributed by atoms with Crippen LogP contribution in [0.4, 0.5) is 0 Å². The summed E-state index contributed by atoms with van der Waals surface area (Å²) in [6, 6.07) is 14.1. The van der Waals surface area contributed by atoms with Crippen molar-refractivity contribution in [1.29, 1.82) is 0 Å². The summed E-state index contributed by atoms with van der Waals surface area (Å²) in [5.41, 5.74) is 6.36. The third-order valence-electron chi connectivity index (χ3n) is 3.82. The molecule has 2 heterocycles. The maximum absolute atomic E-state index is 12.6. The highest BCUT2D eigenvalue weighted by Gasteiger charge is 2.12. The topological polar surface area (TPSA) is 99.6 Å². The Morgan fingerprint density at radius 2 is 2.04 bits per heavy atom. The second-order valence-corrected chi connectivity index (χ2v) is 7.33. The average molecular weight is 413 g/mol. The van der Waals surface area contributed by atoms with Crippen molar-refractivity contribution in [2.75, 3.05) is 6.61 Å². The Morgan fingerprint density at radius 3 is 2.71 bits per heavy atom. The van der Waals surface area contributed by atoms with E-state index in [4.69, 9.17) is 22.1 Å². The van der Waals surface area contributed by atoms with E-state index in [0.29, 0.717) is 26.1 Å². The number of ether oxygens (including phenoxy) is 1. The molecular formula is C19H13ClN4O3S. The Labute approximate surface area is 167 Å². The van der Waals surface area contributed by atoms with Crippen molar-refractivity contribution in [2.45, 2.75) is 0 Å². The van der Waals surface area contributed by atoms with Crippen molar-refractivity contribution in [3.05, 3.63) is 74.0 Å². The lowest BCUT2D eigenvalue weighted by Crippen LogP contribution is -2.23. The number of carbonyl (C=O) groups excluding carboxylic acids is 1. The van der Waals surface area contributed by atoms with E-state index >= 15 is 0 Å². The summed E-state index contributed by atoms with van der Waals surface area (Å²) < 4.78 is 7.02. The van der Waals surface area contributed by atoms with E-state index in [2.05, 4.69) is 10.1 Å². The minimum Gasteiger partial charge on any atom is -0.484 e. The molecule has 0 atom stereocenters. The van der Waals surface area contributed by atoms with Crippen molar-refractivity contribution in [3.8, 4) is 17.1 Å². The summed E-state index contributed by atoms with van der Waals surface area (Å²) >= 11 is 7.25. The molecule has 0 unspecified atom stereocenters. The number of hydrogen-bond acceptors (Lipinski definition) is 6. The van der Waals surface area contributed by atoms with Crippen molar-refractivity contribution in [3.63, 3.8) is 0 Å². The number of benzene rings is 2. The number of nitrogens with zero attached hydrogens (tertiary/aromatic N) is 3. The molecule has 2 aromatic heterocycles. The highest BCUT2D eigenvalue weighted by Crippen LogP contribution is 2.20. The standard InChI is InChI=1S/C19H13ClN4O3S/c20-13-3-1-2-12(9-13)17-22-19-24(23-17)18(26)15(28-19)8-11-4-6-14(7-5-11)27-10-16(21)25/h1-9H,10H2,(H2,21,25). The largest absolute Gasteiger partial charge is 0.484 e. The molecule has 0 spiro atoms. The lowest BCUT2D eigenvalue weighted by molar-refractivity contribution is -0.119. The quantitative estimate of drug-likeness (QED) is 0.539. The summed E-state index contributed by atoms with van der Waals surface area (Å²) in [7, 11) is 0. The van der Waals surface area contributed by atoms with Crippen molar-refractivity contribution < 1.29 is 9.53 Å². The SMILES string of the molecule is NC(=O)COc1ccc(C=c2sc3nc(-c4cccc(Cl)c4)nn3c2=O)cc1. The predicted molar refractivity (Wildman–Crippen MR) is 107 cm³/mol. The van der Waals surface area contributed by atoms with Gasteiger partial charge in [-0.3, -0.25) is 9.59 Å². The maximum Gasteiger partial charge on any atom is 0.291 e. The predicted octanol–water partition coefficient (Wildman–Crippen LogP) is 1.88. The molecule has 2 N–H and O–H groups in total. The smallest absolute Gasteiger partial charge is 0.291 e.